The van der Waals surface area contributed by atoms with Gasteiger partial charge in [0.05, 0.1) is 0 Å². The van der Waals surface area contributed by atoms with Crippen LogP contribution in [-0.2, 0) is 4.79 Å². The average molecular weight is 274 g/mol. The van der Waals surface area contributed by atoms with E-state index < -0.39 is 0 Å². The molecule has 1 rings (SSSR count). The quantitative estimate of drug-likeness (QED) is 0.478. The van der Waals surface area contributed by atoms with E-state index in [4.69, 9.17) is 0 Å². The number of hydrogen-bond acceptors (Lipinski definition) is 3. The van der Waals surface area contributed by atoms with Crippen molar-refractivity contribution in [3.05, 3.63) is 35.4 Å². The molecule has 0 saturated carbocycles. The van der Waals surface area contributed by atoms with Gasteiger partial charge in [0.25, 0.3) is 0 Å². The van der Waals surface area contributed by atoms with E-state index in [0.717, 1.165) is 16.9 Å². The van der Waals surface area contributed by atoms with Crippen LogP contribution in [0.1, 0.15) is 43.1 Å². The molecule has 0 saturated heterocycles. The van der Waals surface area contributed by atoms with Gasteiger partial charge in [0.2, 0.25) is 0 Å². The van der Waals surface area contributed by atoms with Gasteiger partial charge in [0, 0.05) is 36.1 Å². The van der Waals surface area contributed by atoms with Crippen molar-refractivity contribution in [1.29, 1.82) is 0 Å². The number of ketones is 1. The third kappa shape index (κ3) is 5.76. The molecule has 0 spiro atoms. The highest BCUT2D eigenvalue weighted by Gasteiger charge is 2.09. The molecule has 0 fully saturated rings. The van der Waals surface area contributed by atoms with E-state index in [9.17, 15) is 9.59 Å². The van der Waals surface area contributed by atoms with Gasteiger partial charge in [-0.15, -0.1) is 0 Å². The minimum absolute atomic E-state index is 0.0144. The lowest BCUT2D eigenvalue weighted by molar-refractivity contribution is -0.109. The zero-order chi connectivity index (χ0) is 14.3. The van der Waals surface area contributed by atoms with Gasteiger partial charge in [-0.2, -0.15) is 0 Å². The van der Waals surface area contributed by atoms with Gasteiger partial charge < -0.3 is 0 Å². The molecule has 3 heteroatoms. The van der Waals surface area contributed by atoms with Crippen LogP contribution in [0.4, 0.5) is 0 Å². The first-order valence-electron chi connectivity index (χ1n) is 6.27. The Bertz CT molecular complexity index is 504. The minimum Gasteiger partial charge on any atom is -0.294 e. The predicted octanol–water partition coefficient (Wildman–Crippen LogP) is 3.55. The van der Waals surface area contributed by atoms with Crippen LogP contribution < -0.4 is 0 Å². The van der Waals surface area contributed by atoms with E-state index in [-0.39, 0.29) is 16.8 Å². The van der Waals surface area contributed by atoms with E-state index in [2.05, 4.69) is 11.8 Å². The van der Waals surface area contributed by atoms with Crippen LogP contribution in [-0.4, -0.2) is 16.7 Å². The first kappa shape index (κ1) is 15.5. The summed E-state index contributed by atoms with van der Waals surface area (Å²) >= 11 is 1.29. The molecule has 0 aliphatic carbocycles. The highest BCUT2D eigenvalue weighted by atomic mass is 32.2. The summed E-state index contributed by atoms with van der Waals surface area (Å²) in [6.45, 7) is 5.34. The van der Waals surface area contributed by atoms with E-state index in [1.807, 2.05) is 38.1 Å². The van der Waals surface area contributed by atoms with Crippen molar-refractivity contribution in [1.82, 2.24) is 0 Å². The summed E-state index contributed by atoms with van der Waals surface area (Å²) in [5.74, 6) is 6.94. The second-order valence-electron chi connectivity index (χ2n) is 4.49. The van der Waals surface area contributed by atoms with Crippen LogP contribution in [0.25, 0.3) is 0 Å². The molecular weight excluding hydrogens is 256 g/mol. The van der Waals surface area contributed by atoms with Crippen LogP contribution in [0.5, 0.6) is 0 Å². The average Bonchev–Trinajstić information content (AvgIpc) is 2.37. The first-order chi connectivity index (χ1) is 9.00. The minimum atomic E-state index is 0.0144. The summed E-state index contributed by atoms with van der Waals surface area (Å²) in [6, 6.07) is 7.36. The number of Topliss-reactive ketones (excluding diaryl/α,β-unsaturated/α-hetero) is 1. The first-order valence-corrected chi connectivity index (χ1v) is 7.25. The van der Waals surface area contributed by atoms with Crippen LogP contribution >= 0.6 is 11.8 Å². The second-order valence-corrected chi connectivity index (χ2v) is 5.76. The second kappa shape index (κ2) is 7.81. The summed E-state index contributed by atoms with van der Waals surface area (Å²) in [7, 11) is 0. The molecule has 0 N–H and O–H groups in total. The van der Waals surface area contributed by atoms with E-state index in [1.165, 1.54) is 11.8 Å². The summed E-state index contributed by atoms with van der Waals surface area (Å²) in [5.41, 5.74) is 1.63. The molecule has 19 heavy (non-hydrogen) atoms. The van der Waals surface area contributed by atoms with E-state index in [1.54, 1.807) is 6.92 Å². The summed E-state index contributed by atoms with van der Waals surface area (Å²) in [4.78, 5) is 22.5. The molecule has 2 nitrogen and oxygen atoms in total. The fourth-order valence-electron chi connectivity index (χ4n) is 1.46. The van der Waals surface area contributed by atoms with Crippen LogP contribution in [0.15, 0.2) is 24.3 Å². The summed E-state index contributed by atoms with van der Waals surface area (Å²) in [5, 5.41) is 0.123. The predicted molar refractivity (Wildman–Crippen MR) is 80.2 cm³/mol. The lowest BCUT2D eigenvalue weighted by atomic mass is 10.0. The Balaban J connectivity index is 2.55. The Labute approximate surface area is 119 Å². The standard InChI is InChI=1S/C16H18O2S/c1-12(2)16(18)15-9-7-14(8-10-15)6-4-5-11-19-13(3)17/h7-10,12H,5,11H2,1-3H3. The number of carbonyl (C=O) groups is 2. The third-order valence-electron chi connectivity index (χ3n) is 2.46. The smallest absolute Gasteiger partial charge is 0.185 e. The SMILES string of the molecule is CC(=O)SCCC#Cc1ccc(C(=O)C(C)C)cc1. The molecule has 1 aromatic rings. The van der Waals surface area contributed by atoms with Gasteiger partial charge in [-0.05, 0) is 12.1 Å². The Kier molecular flexibility index (Phi) is 6.38. The molecule has 0 amide bonds. The lowest BCUT2D eigenvalue weighted by Crippen LogP contribution is -2.06. The maximum atomic E-state index is 11.7. The molecule has 0 unspecified atom stereocenters. The van der Waals surface area contributed by atoms with Crippen molar-refractivity contribution in [2.45, 2.75) is 27.2 Å². The molecule has 0 bridgehead atoms. The number of thioether (sulfide) groups is 1. The molecule has 0 aliphatic rings. The van der Waals surface area contributed by atoms with Gasteiger partial charge in [0.15, 0.2) is 10.9 Å². The van der Waals surface area contributed by atoms with Gasteiger partial charge in [0.1, 0.15) is 0 Å². The molecule has 0 aromatic heterocycles. The number of rotatable bonds is 4. The van der Waals surface area contributed by atoms with Crippen molar-refractivity contribution in [3.63, 3.8) is 0 Å². The Hall–Kier alpha value is -1.53. The molecule has 0 aliphatic heterocycles. The lowest BCUT2D eigenvalue weighted by Gasteiger charge is -2.03. The highest BCUT2D eigenvalue weighted by Crippen LogP contribution is 2.09. The Morgan fingerprint density at radius 2 is 1.84 bits per heavy atom. The molecule has 0 radical (unpaired) electrons. The summed E-state index contributed by atoms with van der Waals surface area (Å²) < 4.78 is 0. The van der Waals surface area contributed by atoms with Gasteiger partial charge in [-0.1, -0.05) is 49.6 Å². The number of benzene rings is 1. The van der Waals surface area contributed by atoms with Crippen LogP contribution in [0.2, 0.25) is 0 Å². The zero-order valence-electron chi connectivity index (χ0n) is 11.5. The molecule has 1 aromatic carbocycles. The Morgan fingerprint density at radius 1 is 1.21 bits per heavy atom. The van der Waals surface area contributed by atoms with E-state index >= 15 is 0 Å². The van der Waals surface area contributed by atoms with Crippen molar-refractivity contribution < 1.29 is 9.59 Å². The molecular formula is C16H18O2S. The van der Waals surface area contributed by atoms with Gasteiger partial charge in [-0.3, -0.25) is 9.59 Å². The fourth-order valence-corrected chi connectivity index (χ4v) is 1.95. The number of hydrogen-bond donors (Lipinski definition) is 0. The third-order valence-corrected chi connectivity index (χ3v) is 3.27. The van der Waals surface area contributed by atoms with Crippen molar-refractivity contribution in [2.24, 2.45) is 5.92 Å². The summed E-state index contributed by atoms with van der Waals surface area (Å²) in [6.07, 6.45) is 0.691. The van der Waals surface area contributed by atoms with Crippen LogP contribution in [0.3, 0.4) is 0 Å². The van der Waals surface area contributed by atoms with Crippen molar-refractivity contribution in [3.8, 4) is 11.8 Å². The molecule has 100 valence electrons. The maximum Gasteiger partial charge on any atom is 0.185 e. The fraction of sp³-hybridized carbons (Fsp3) is 0.375. The monoisotopic (exact) mass is 274 g/mol. The van der Waals surface area contributed by atoms with Gasteiger partial charge >= 0.3 is 0 Å². The van der Waals surface area contributed by atoms with Crippen molar-refractivity contribution >= 4 is 22.7 Å². The van der Waals surface area contributed by atoms with E-state index in [0.29, 0.717) is 6.42 Å². The van der Waals surface area contributed by atoms with Crippen LogP contribution in [0, 0.1) is 17.8 Å². The van der Waals surface area contributed by atoms with Crippen molar-refractivity contribution in [2.75, 3.05) is 5.75 Å². The zero-order valence-corrected chi connectivity index (χ0v) is 12.3. The van der Waals surface area contributed by atoms with Gasteiger partial charge in [-0.25, -0.2) is 0 Å². The molecule has 0 atom stereocenters. The topological polar surface area (TPSA) is 34.1 Å². The Morgan fingerprint density at radius 3 is 2.37 bits per heavy atom. The molecule has 0 heterocycles. The largest absolute Gasteiger partial charge is 0.294 e. The normalized spacial score (nSPS) is 9.89. The highest BCUT2D eigenvalue weighted by molar-refractivity contribution is 8.13. The number of carbonyl (C=O) groups excluding carboxylic acids is 2. The maximum absolute atomic E-state index is 11.7.